The number of rotatable bonds is 7. The Labute approximate surface area is 123 Å². The van der Waals surface area contributed by atoms with E-state index in [0.717, 1.165) is 12.2 Å². The van der Waals surface area contributed by atoms with Crippen molar-refractivity contribution in [3.05, 3.63) is 29.8 Å². The first-order valence-corrected chi connectivity index (χ1v) is 7.33. The van der Waals surface area contributed by atoms with Crippen LogP contribution in [0.15, 0.2) is 24.3 Å². The maximum Gasteiger partial charge on any atom is 0.122 e. The van der Waals surface area contributed by atoms with Crippen molar-refractivity contribution >= 4 is 0 Å². The van der Waals surface area contributed by atoms with Crippen LogP contribution >= 0.6 is 0 Å². The van der Waals surface area contributed by atoms with E-state index in [-0.39, 0.29) is 12.1 Å². The highest BCUT2D eigenvalue weighted by Crippen LogP contribution is 2.22. The Kier molecular flexibility index (Phi) is 6.04. The van der Waals surface area contributed by atoms with Crippen LogP contribution in [0.1, 0.15) is 46.6 Å². The minimum atomic E-state index is -0.561. The lowest BCUT2D eigenvalue weighted by Crippen LogP contribution is -2.47. The number of para-hydroxylation sites is 1. The molecule has 2 atom stereocenters. The summed E-state index contributed by atoms with van der Waals surface area (Å²) in [7, 11) is 0. The van der Waals surface area contributed by atoms with E-state index in [4.69, 9.17) is 4.74 Å². The Morgan fingerprint density at radius 3 is 2.50 bits per heavy atom. The fourth-order valence-corrected chi connectivity index (χ4v) is 2.52. The normalized spacial score (nSPS) is 15.4. The van der Waals surface area contributed by atoms with Crippen molar-refractivity contribution in [2.45, 2.75) is 65.1 Å². The molecule has 0 bridgehead atoms. The number of benzene rings is 1. The summed E-state index contributed by atoms with van der Waals surface area (Å²) < 4.78 is 6.02. The summed E-state index contributed by atoms with van der Waals surface area (Å²) in [6.07, 6.45) is 1.58. The highest BCUT2D eigenvalue weighted by Gasteiger charge is 2.27. The molecule has 1 rings (SSSR count). The molecule has 3 nitrogen and oxygen atoms in total. The number of nitriles is 1. The van der Waals surface area contributed by atoms with E-state index in [0.29, 0.717) is 6.42 Å². The summed E-state index contributed by atoms with van der Waals surface area (Å²) in [5, 5.41) is 12.7. The van der Waals surface area contributed by atoms with Gasteiger partial charge in [0.2, 0.25) is 0 Å². The number of aryl methyl sites for hydroxylation is 1. The van der Waals surface area contributed by atoms with Gasteiger partial charge >= 0.3 is 0 Å². The topological polar surface area (TPSA) is 45.0 Å². The zero-order valence-electron chi connectivity index (χ0n) is 13.2. The number of nitrogens with one attached hydrogen (secondary N) is 1. The largest absolute Gasteiger partial charge is 0.490 e. The van der Waals surface area contributed by atoms with E-state index < -0.39 is 5.54 Å². The molecular weight excluding hydrogens is 248 g/mol. The third-order valence-electron chi connectivity index (χ3n) is 3.23. The predicted molar refractivity (Wildman–Crippen MR) is 82.8 cm³/mol. The zero-order valence-corrected chi connectivity index (χ0v) is 13.2. The first kappa shape index (κ1) is 16.5. The molecule has 0 saturated heterocycles. The summed E-state index contributed by atoms with van der Waals surface area (Å²) in [5.74, 6) is 0.923. The molecule has 3 heteroatoms. The van der Waals surface area contributed by atoms with Gasteiger partial charge in [-0.2, -0.15) is 5.26 Å². The first-order chi connectivity index (χ1) is 9.40. The minimum absolute atomic E-state index is 0.0152. The lowest BCUT2D eigenvalue weighted by atomic mass is 9.95. The number of ether oxygens (including phenoxy) is 1. The minimum Gasteiger partial charge on any atom is -0.490 e. The molecule has 0 aliphatic heterocycles. The average Bonchev–Trinajstić information content (AvgIpc) is 2.38. The van der Waals surface area contributed by atoms with Gasteiger partial charge in [-0.05, 0) is 45.7 Å². The molecule has 0 aromatic heterocycles. The molecule has 0 aliphatic carbocycles. The first-order valence-electron chi connectivity index (χ1n) is 7.33. The highest BCUT2D eigenvalue weighted by molar-refractivity contribution is 5.33. The smallest absolute Gasteiger partial charge is 0.122 e. The molecule has 0 fully saturated rings. The summed E-state index contributed by atoms with van der Waals surface area (Å²) in [5.41, 5.74) is 0.643. The summed E-state index contributed by atoms with van der Waals surface area (Å²) in [6, 6.07) is 10.7. The van der Waals surface area contributed by atoms with Crippen molar-refractivity contribution in [1.29, 1.82) is 5.26 Å². The fourth-order valence-electron chi connectivity index (χ4n) is 2.52. The van der Waals surface area contributed by atoms with Crippen molar-refractivity contribution in [3.63, 3.8) is 0 Å². The second-order valence-corrected chi connectivity index (χ2v) is 5.84. The van der Waals surface area contributed by atoms with Crippen LogP contribution in [0.5, 0.6) is 5.75 Å². The van der Waals surface area contributed by atoms with Gasteiger partial charge in [0.15, 0.2) is 0 Å². The van der Waals surface area contributed by atoms with E-state index in [2.05, 4.69) is 24.4 Å². The van der Waals surface area contributed by atoms with Gasteiger partial charge in [-0.15, -0.1) is 0 Å². The predicted octanol–water partition coefficient (Wildman–Crippen LogP) is 3.69. The van der Waals surface area contributed by atoms with Crippen LogP contribution in [0.4, 0.5) is 0 Å². The van der Waals surface area contributed by atoms with Crippen LogP contribution in [0.3, 0.4) is 0 Å². The van der Waals surface area contributed by atoms with Gasteiger partial charge < -0.3 is 4.74 Å². The maximum atomic E-state index is 9.38. The Bertz CT molecular complexity index is 464. The van der Waals surface area contributed by atoms with E-state index in [1.54, 1.807) is 0 Å². The van der Waals surface area contributed by atoms with Gasteiger partial charge in [-0.1, -0.05) is 25.1 Å². The second kappa shape index (κ2) is 7.31. The van der Waals surface area contributed by atoms with Crippen molar-refractivity contribution in [2.24, 2.45) is 0 Å². The van der Waals surface area contributed by atoms with Crippen LogP contribution in [-0.2, 0) is 6.42 Å². The van der Waals surface area contributed by atoms with Crippen LogP contribution in [-0.4, -0.2) is 17.7 Å². The molecule has 110 valence electrons. The average molecular weight is 274 g/mol. The lowest BCUT2D eigenvalue weighted by molar-refractivity contribution is 0.175. The fraction of sp³-hybridized carbons (Fsp3) is 0.588. The molecule has 0 aliphatic rings. The van der Waals surface area contributed by atoms with Crippen molar-refractivity contribution in [3.8, 4) is 11.8 Å². The molecule has 1 aromatic carbocycles. The van der Waals surface area contributed by atoms with Gasteiger partial charge in [-0.3, -0.25) is 5.32 Å². The molecule has 0 amide bonds. The van der Waals surface area contributed by atoms with E-state index >= 15 is 0 Å². The van der Waals surface area contributed by atoms with Crippen LogP contribution < -0.4 is 10.1 Å². The summed E-state index contributed by atoms with van der Waals surface area (Å²) in [6.45, 7) is 10.2. The quantitative estimate of drug-likeness (QED) is 0.825. The molecular formula is C17H26N2O. The Balaban J connectivity index is 2.71. The molecule has 0 saturated carbocycles. The van der Waals surface area contributed by atoms with Gasteiger partial charge in [0.1, 0.15) is 11.3 Å². The van der Waals surface area contributed by atoms with Crippen molar-refractivity contribution in [1.82, 2.24) is 5.32 Å². The molecule has 1 aromatic rings. The number of hydrogen-bond donors (Lipinski definition) is 1. The number of hydrogen-bond acceptors (Lipinski definition) is 3. The highest BCUT2D eigenvalue weighted by atomic mass is 16.5. The Hall–Kier alpha value is -1.53. The molecule has 20 heavy (non-hydrogen) atoms. The molecule has 2 unspecified atom stereocenters. The third kappa shape index (κ3) is 4.86. The van der Waals surface area contributed by atoms with E-state index in [1.165, 1.54) is 5.56 Å². The molecule has 0 radical (unpaired) electrons. The van der Waals surface area contributed by atoms with E-state index in [1.807, 2.05) is 45.9 Å². The van der Waals surface area contributed by atoms with Crippen LogP contribution in [0.2, 0.25) is 0 Å². The van der Waals surface area contributed by atoms with Crippen molar-refractivity contribution < 1.29 is 4.74 Å². The summed E-state index contributed by atoms with van der Waals surface area (Å²) >= 11 is 0. The maximum absolute atomic E-state index is 9.38. The summed E-state index contributed by atoms with van der Waals surface area (Å²) in [4.78, 5) is 0. The Morgan fingerprint density at radius 2 is 1.95 bits per heavy atom. The Morgan fingerprint density at radius 1 is 1.30 bits per heavy atom. The van der Waals surface area contributed by atoms with Crippen LogP contribution in [0, 0.1) is 11.3 Å². The van der Waals surface area contributed by atoms with Gasteiger partial charge in [-0.25, -0.2) is 0 Å². The second-order valence-electron chi connectivity index (χ2n) is 5.84. The van der Waals surface area contributed by atoms with Gasteiger partial charge in [0.05, 0.1) is 12.2 Å². The number of nitrogens with zero attached hydrogens (tertiary/aromatic N) is 1. The van der Waals surface area contributed by atoms with Crippen LogP contribution in [0.25, 0.3) is 0 Å². The monoisotopic (exact) mass is 274 g/mol. The molecule has 0 spiro atoms. The molecule has 1 N–H and O–H groups in total. The molecule has 0 heterocycles. The SMILES string of the molecule is CCc1ccccc1OC(C)CC(C)(C#N)NC(C)C. The zero-order chi connectivity index (χ0) is 15.2. The van der Waals surface area contributed by atoms with Crippen molar-refractivity contribution in [2.75, 3.05) is 0 Å². The van der Waals surface area contributed by atoms with Gasteiger partial charge in [0.25, 0.3) is 0 Å². The van der Waals surface area contributed by atoms with Gasteiger partial charge in [0, 0.05) is 12.5 Å². The third-order valence-corrected chi connectivity index (χ3v) is 3.23. The lowest BCUT2D eigenvalue weighted by Gasteiger charge is -2.29. The standard InChI is InChI=1S/C17H26N2O/c1-6-15-9-7-8-10-16(15)20-14(4)11-17(5,12-18)19-13(2)3/h7-10,13-14,19H,6,11H2,1-5H3. The van der Waals surface area contributed by atoms with E-state index in [9.17, 15) is 5.26 Å².